The monoisotopic (exact) mass is 295 g/mol. The van der Waals surface area contributed by atoms with Gasteiger partial charge >= 0.3 is 11.9 Å². The van der Waals surface area contributed by atoms with Crippen molar-refractivity contribution in [2.24, 2.45) is 11.7 Å². The lowest BCUT2D eigenvalue weighted by molar-refractivity contribution is -0.146. The molecule has 0 rings (SSSR count). The lowest BCUT2D eigenvalue weighted by atomic mass is 10.1. The number of nitrogens with two attached hydrogens (primary N) is 1. The Labute approximate surface area is 113 Å². The molecule has 0 aliphatic heterocycles. The van der Waals surface area contributed by atoms with Crippen molar-refractivity contribution in [3.8, 4) is 0 Å². The van der Waals surface area contributed by atoms with E-state index in [1.807, 2.05) is 0 Å². The van der Waals surface area contributed by atoms with Crippen molar-refractivity contribution in [3.63, 3.8) is 0 Å². The molecular formula is C11H22NO6P. The lowest BCUT2D eigenvalue weighted by Gasteiger charge is -2.23. The molecule has 0 aromatic carbocycles. The second-order valence-electron chi connectivity index (χ2n) is 4.17. The largest absolute Gasteiger partial charge is 0.469 e. The Morgan fingerprint density at radius 2 is 1.79 bits per heavy atom. The van der Waals surface area contributed by atoms with Gasteiger partial charge in [-0.05, 0) is 13.3 Å². The average Bonchev–Trinajstić information content (AvgIpc) is 2.41. The van der Waals surface area contributed by atoms with E-state index in [1.54, 1.807) is 6.92 Å². The van der Waals surface area contributed by atoms with Crippen molar-refractivity contribution in [3.05, 3.63) is 0 Å². The third-order valence-electron chi connectivity index (χ3n) is 2.86. The van der Waals surface area contributed by atoms with E-state index in [0.29, 0.717) is 0 Å². The highest BCUT2D eigenvalue weighted by molar-refractivity contribution is 7.59. The van der Waals surface area contributed by atoms with Gasteiger partial charge < -0.3 is 19.7 Å². The minimum absolute atomic E-state index is 0.0406. The van der Waals surface area contributed by atoms with Crippen molar-refractivity contribution >= 4 is 19.3 Å². The van der Waals surface area contributed by atoms with Crippen LogP contribution in [-0.2, 0) is 28.2 Å². The van der Waals surface area contributed by atoms with Crippen molar-refractivity contribution in [2.45, 2.75) is 25.5 Å². The Balaban J connectivity index is 4.82. The number of rotatable bonds is 8. The molecule has 112 valence electrons. The molecule has 0 heterocycles. The maximum absolute atomic E-state index is 12.4. The van der Waals surface area contributed by atoms with Crippen LogP contribution in [0.5, 0.6) is 0 Å². The first-order valence-corrected chi connectivity index (χ1v) is 7.73. The molecule has 0 saturated carbocycles. The SMILES string of the molecule is COC(=O)CCC(CP(=O)(OC)C(C)N)C(=O)OC. The van der Waals surface area contributed by atoms with Crippen LogP contribution in [0.15, 0.2) is 0 Å². The van der Waals surface area contributed by atoms with Gasteiger partial charge in [-0.3, -0.25) is 14.2 Å². The van der Waals surface area contributed by atoms with Gasteiger partial charge in [0.25, 0.3) is 0 Å². The zero-order chi connectivity index (χ0) is 15.1. The predicted octanol–water partition coefficient (Wildman–Crippen LogP) is 0.958. The third-order valence-corrected chi connectivity index (χ3v) is 5.67. The maximum Gasteiger partial charge on any atom is 0.309 e. The summed E-state index contributed by atoms with van der Waals surface area (Å²) in [7, 11) is 0.646. The molecule has 3 atom stereocenters. The number of carbonyl (C=O) groups is 2. The average molecular weight is 295 g/mol. The van der Waals surface area contributed by atoms with Crippen LogP contribution < -0.4 is 5.73 Å². The molecule has 0 bridgehead atoms. The van der Waals surface area contributed by atoms with E-state index >= 15 is 0 Å². The lowest BCUT2D eigenvalue weighted by Crippen LogP contribution is -2.27. The molecule has 3 unspecified atom stereocenters. The van der Waals surface area contributed by atoms with Gasteiger partial charge in [-0.1, -0.05) is 0 Å². The first kappa shape index (κ1) is 18.1. The Bertz CT molecular complexity index is 357. The summed E-state index contributed by atoms with van der Waals surface area (Å²) in [5, 5.41) is 0. The number of hydrogen-bond acceptors (Lipinski definition) is 7. The van der Waals surface area contributed by atoms with Gasteiger partial charge in [0, 0.05) is 19.7 Å². The summed E-state index contributed by atoms with van der Waals surface area (Å²) in [5.41, 5.74) is 5.62. The summed E-state index contributed by atoms with van der Waals surface area (Å²) in [5.74, 6) is -2.38. The summed E-state index contributed by atoms with van der Waals surface area (Å²) >= 11 is 0. The van der Waals surface area contributed by atoms with Crippen LogP contribution in [0.1, 0.15) is 19.8 Å². The fraction of sp³-hybridized carbons (Fsp3) is 0.818. The van der Waals surface area contributed by atoms with Gasteiger partial charge in [-0.15, -0.1) is 0 Å². The van der Waals surface area contributed by atoms with E-state index in [1.165, 1.54) is 21.3 Å². The first-order valence-electron chi connectivity index (χ1n) is 5.85. The summed E-state index contributed by atoms with van der Waals surface area (Å²) in [6, 6.07) is 0. The fourth-order valence-electron chi connectivity index (χ4n) is 1.56. The van der Waals surface area contributed by atoms with E-state index < -0.39 is 31.0 Å². The second kappa shape index (κ2) is 8.30. The Kier molecular flexibility index (Phi) is 7.90. The predicted molar refractivity (Wildman–Crippen MR) is 69.9 cm³/mol. The van der Waals surface area contributed by atoms with Crippen LogP contribution >= 0.6 is 7.37 Å². The molecular weight excluding hydrogens is 273 g/mol. The molecule has 0 saturated heterocycles. The van der Waals surface area contributed by atoms with E-state index in [-0.39, 0.29) is 19.0 Å². The molecule has 0 amide bonds. The molecule has 0 aliphatic carbocycles. The van der Waals surface area contributed by atoms with Crippen LogP contribution in [0.4, 0.5) is 0 Å². The molecule has 0 radical (unpaired) electrons. The number of methoxy groups -OCH3 is 2. The van der Waals surface area contributed by atoms with E-state index in [4.69, 9.17) is 10.3 Å². The van der Waals surface area contributed by atoms with Gasteiger partial charge in [-0.2, -0.15) is 0 Å². The summed E-state index contributed by atoms with van der Waals surface area (Å²) in [6.07, 6.45) is 0.170. The number of esters is 2. The smallest absolute Gasteiger partial charge is 0.309 e. The van der Waals surface area contributed by atoms with Crippen LogP contribution in [0, 0.1) is 5.92 Å². The van der Waals surface area contributed by atoms with Crippen molar-refractivity contribution in [1.29, 1.82) is 0 Å². The maximum atomic E-state index is 12.4. The number of hydrogen-bond donors (Lipinski definition) is 1. The van der Waals surface area contributed by atoms with Crippen molar-refractivity contribution < 1.29 is 28.2 Å². The van der Waals surface area contributed by atoms with Crippen LogP contribution in [0.2, 0.25) is 0 Å². The van der Waals surface area contributed by atoms with E-state index in [2.05, 4.69) is 9.47 Å². The molecule has 0 fully saturated rings. The van der Waals surface area contributed by atoms with E-state index in [0.717, 1.165) is 0 Å². The summed E-state index contributed by atoms with van der Waals surface area (Å²) in [4.78, 5) is 22.7. The Morgan fingerprint density at radius 1 is 1.21 bits per heavy atom. The third kappa shape index (κ3) is 5.72. The molecule has 0 aromatic rings. The summed E-state index contributed by atoms with van der Waals surface area (Å²) in [6.45, 7) is 1.55. The summed E-state index contributed by atoms with van der Waals surface area (Å²) < 4.78 is 26.5. The van der Waals surface area contributed by atoms with Gasteiger partial charge in [0.15, 0.2) is 0 Å². The zero-order valence-electron chi connectivity index (χ0n) is 11.8. The topological polar surface area (TPSA) is 105 Å². The molecule has 0 spiro atoms. The zero-order valence-corrected chi connectivity index (χ0v) is 12.6. The fourth-order valence-corrected chi connectivity index (χ4v) is 3.32. The minimum Gasteiger partial charge on any atom is -0.469 e. The molecule has 19 heavy (non-hydrogen) atoms. The van der Waals surface area contributed by atoms with Gasteiger partial charge in [0.2, 0.25) is 7.37 Å². The highest BCUT2D eigenvalue weighted by Gasteiger charge is 2.34. The minimum atomic E-state index is -3.14. The number of carbonyl (C=O) groups excluding carboxylic acids is 2. The van der Waals surface area contributed by atoms with Gasteiger partial charge in [0.1, 0.15) is 0 Å². The van der Waals surface area contributed by atoms with Gasteiger partial charge in [-0.25, -0.2) is 0 Å². The second-order valence-corrected chi connectivity index (χ2v) is 7.16. The van der Waals surface area contributed by atoms with Crippen molar-refractivity contribution in [1.82, 2.24) is 0 Å². The number of ether oxygens (including phenoxy) is 2. The molecule has 0 aromatic heterocycles. The standard InChI is InChI=1S/C11H22NO6P/c1-8(12)19(15,18-4)7-9(11(14)17-3)5-6-10(13)16-2/h8-9H,5-7,12H2,1-4H3. The highest BCUT2D eigenvalue weighted by Crippen LogP contribution is 2.51. The molecule has 2 N–H and O–H groups in total. The first-order chi connectivity index (χ1) is 8.80. The van der Waals surface area contributed by atoms with Crippen molar-refractivity contribution in [2.75, 3.05) is 27.5 Å². The van der Waals surface area contributed by atoms with Crippen LogP contribution in [0.3, 0.4) is 0 Å². The highest BCUT2D eigenvalue weighted by atomic mass is 31.2. The molecule has 8 heteroatoms. The van der Waals surface area contributed by atoms with Crippen LogP contribution in [-0.4, -0.2) is 45.2 Å². The van der Waals surface area contributed by atoms with Crippen LogP contribution in [0.25, 0.3) is 0 Å². The van der Waals surface area contributed by atoms with Gasteiger partial charge in [0.05, 0.1) is 25.9 Å². The molecule has 7 nitrogen and oxygen atoms in total. The Hall–Kier alpha value is -0.910. The van der Waals surface area contributed by atoms with E-state index in [9.17, 15) is 14.2 Å². The normalized spacial score (nSPS) is 17.1. The Morgan fingerprint density at radius 3 is 2.16 bits per heavy atom. The quantitative estimate of drug-likeness (QED) is 0.525. The molecule has 0 aliphatic rings.